The molecule has 0 radical (unpaired) electrons. The molecule has 2 aromatic rings. The van der Waals surface area contributed by atoms with Crippen molar-refractivity contribution in [3.63, 3.8) is 0 Å². The molecule has 138 valence electrons. The zero-order valence-corrected chi connectivity index (χ0v) is 16.1. The molecular formula is C18H19ClN2O4S. The van der Waals surface area contributed by atoms with Gasteiger partial charge in [-0.25, -0.2) is 8.42 Å². The first-order chi connectivity index (χ1) is 12.1. The largest absolute Gasteiger partial charge is 0.326 e. The highest BCUT2D eigenvalue weighted by atomic mass is 35.5. The van der Waals surface area contributed by atoms with Crippen molar-refractivity contribution in [1.29, 1.82) is 0 Å². The predicted octanol–water partition coefficient (Wildman–Crippen LogP) is 3.30. The smallest absolute Gasteiger partial charge is 0.265 e. The van der Waals surface area contributed by atoms with Crippen molar-refractivity contribution in [3.05, 3.63) is 54.1 Å². The minimum atomic E-state index is -4.05. The average molecular weight is 395 g/mol. The second-order valence-corrected chi connectivity index (χ2v) is 7.96. The van der Waals surface area contributed by atoms with E-state index in [1.54, 1.807) is 31.2 Å². The first-order valence-electron chi connectivity index (χ1n) is 7.81. The van der Waals surface area contributed by atoms with Crippen molar-refractivity contribution in [1.82, 2.24) is 0 Å². The van der Waals surface area contributed by atoms with Crippen molar-refractivity contribution in [2.24, 2.45) is 0 Å². The highest BCUT2D eigenvalue weighted by Gasteiger charge is 2.33. The van der Waals surface area contributed by atoms with Gasteiger partial charge in [0.15, 0.2) is 0 Å². The van der Waals surface area contributed by atoms with E-state index in [1.165, 1.54) is 38.1 Å². The van der Waals surface area contributed by atoms with Gasteiger partial charge in [-0.2, -0.15) is 0 Å². The summed E-state index contributed by atoms with van der Waals surface area (Å²) in [6.07, 6.45) is 0. The standard InChI is InChI=1S/C18H19ClN2O4S/c1-12-6-4-5-7-17(12)21(13(2)18(19)23)26(24,25)16-10-8-15(9-11-16)20-14(3)22/h4-11,13H,1-3H3,(H,20,22). The lowest BCUT2D eigenvalue weighted by Crippen LogP contribution is -2.42. The van der Waals surface area contributed by atoms with Gasteiger partial charge in [-0.3, -0.25) is 13.9 Å². The van der Waals surface area contributed by atoms with Gasteiger partial charge >= 0.3 is 0 Å². The van der Waals surface area contributed by atoms with Crippen molar-refractivity contribution < 1.29 is 18.0 Å². The van der Waals surface area contributed by atoms with E-state index in [0.29, 0.717) is 16.9 Å². The molecule has 6 nitrogen and oxygen atoms in total. The van der Waals surface area contributed by atoms with Crippen molar-refractivity contribution in [2.75, 3.05) is 9.62 Å². The molecule has 8 heteroatoms. The second kappa shape index (κ2) is 7.88. The predicted molar refractivity (Wildman–Crippen MR) is 102 cm³/mol. The lowest BCUT2D eigenvalue weighted by molar-refractivity contribution is -0.114. The van der Waals surface area contributed by atoms with E-state index in [9.17, 15) is 18.0 Å². The summed E-state index contributed by atoms with van der Waals surface area (Å²) in [6.45, 7) is 4.55. The summed E-state index contributed by atoms with van der Waals surface area (Å²) in [5, 5.41) is 1.79. The fourth-order valence-corrected chi connectivity index (χ4v) is 4.31. The van der Waals surface area contributed by atoms with Gasteiger partial charge < -0.3 is 5.32 Å². The number of halogens is 1. The number of rotatable bonds is 6. The number of benzene rings is 2. The van der Waals surface area contributed by atoms with Gasteiger partial charge in [-0.15, -0.1) is 0 Å². The highest BCUT2D eigenvalue weighted by Crippen LogP contribution is 2.30. The Hall–Kier alpha value is -2.38. The molecular weight excluding hydrogens is 376 g/mol. The molecule has 0 saturated heterocycles. The highest BCUT2D eigenvalue weighted by molar-refractivity contribution is 7.93. The summed E-state index contributed by atoms with van der Waals surface area (Å²) in [5.74, 6) is -0.261. The summed E-state index contributed by atoms with van der Waals surface area (Å²) >= 11 is 5.61. The minimum Gasteiger partial charge on any atom is -0.326 e. The normalized spacial score (nSPS) is 12.3. The van der Waals surface area contributed by atoms with Gasteiger partial charge in [0, 0.05) is 12.6 Å². The summed E-state index contributed by atoms with van der Waals surface area (Å²) in [4.78, 5) is 22.8. The average Bonchev–Trinajstić information content (AvgIpc) is 2.56. The first-order valence-corrected chi connectivity index (χ1v) is 9.63. The van der Waals surface area contributed by atoms with Gasteiger partial charge in [-0.1, -0.05) is 18.2 Å². The molecule has 0 spiro atoms. The van der Waals surface area contributed by atoms with Crippen LogP contribution in [0.2, 0.25) is 0 Å². The van der Waals surface area contributed by atoms with Crippen molar-refractivity contribution >= 4 is 44.1 Å². The van der Waals surface area contributed by atoms with E-state index in [-0.39, 0.29) is 10.8 Å². The summed E-state index contributed by atoms with van der Waals surface area (Å²) < 4.78 is 27.4. The number of aryl methyl sites for hydroxylation is 1. The first kappa shape index (κ1) is 19.9. The molecule has 1 atom stereocenters. The maximum atomic E-state index is 13.2. The summed E-state index contributed by atoms with van der Waals surface area (Å²) in [5.41, 5.74) is 1.54. The third-order valence-electron chi connectivity index (χ3n) is 3.76. The second-order valence-electron chi connectivity index (χ2n) is 5.77. The Morgan fingerprint density at radius 3 is 2.15 bits per heavy atom. The third kappa shape index (κ3) is 4.23. The van der Waals surface area contributed by atoms with Gasteiger partial charge in [-0.05, 0) is 61.3 Å². The van der Waals surface area contributed by atoms with E-state index in [2.05, 4.69) is 5.32 Å². The molecule has 0 aliphatic rings. The quantitative estimate of drug-likeness (QED) is 0.762. The van der Waals surface area contributed by atoms with Crippen molar-refractivity contribution in [3.8, 4) is 0 Å². The van der Waals surface area contributed by atoms with Crippen LogP contribution < -0.4 is 9.62 Å². The number of nitrogens with one attached hydrogen (secondary N) is 1. The van der Waals surface area contributed by atoms with E-state index < -0.39 is 21.3 Å². The fraction of sp³-hybridized carbons (Fsp3) is 0.222. The fourth-order valence-electron chi connectivity index (χ4n) is 2.48. The molecule has 0 saturated carbocycles. The maximum Gasteiger partial charge on any atom is 0.265 e. The number of carbonyl (C=O) groups excluding carboxylic acids is 2. The van der Waals surface area contributed by atoms with E-state index in [4.69, 9.17) is 11.6 Å². The lowest BCUT2D eigenvalue weighted by Gasteiger charge is -2.29. The number of hydrogen-bond donors (Lipinski definition) is 1. The third-order valence-corrected chi connectivity index (χ3v) is 5.98. The molecule has 0 heterocycles. The number of carbonyl (C=O) groups is 2. The Bertz CT molecular complexity index is 926. The zero-order valence-electron chi connectivity index (χ0n) is 14.6. The van der Waals surface area contributed by atoms with Crippen LogP contribution in [0.4, 0.5) is 11.4 Å². The summed E-state index contributed by atoms with van der Waals surface area (Å²) in [6, 6.07) is 11.5. The molecule has 2 aromatic carbocycles. The van der Waals surface area contributed by atoms with Crippen LogP contribution >= 0.6 is 11.6 Å². The SMILES string of the molecule is CC(=O)Nc1ccc(S(=O)(=O)N(c2ccccc2C)C(C)C(=O)Cl)cc1. The molecule has 1 N–H and O–H groups in total. The van der Waals surface area contributed by atoms with Gasteiger partial charge in [0.05, 0.1) is 10.6 Å². The van der Waals surface area contributed by atoms with E-state index in [1.807, 2.05) is 0 Å². The van der Waals surface area contributed by atoms with Crippen LogP contribution in [0.25, 0.3) is 0 Å². The van der Waals surface area contributed by atoms with Gasteiger partial charge in [0.1, 0.15) is 6.04 Å². The monoisotopic (exact) mass is 394 g/mol. The Labute approximate surface area is 157 Å². The molecule has 0 aromatic heterocycles. The molecule has 1 amide bonds. The van der Waals surface area contributed by atoms with Crippen LogP contribution in [-0.4, -0.2) is 25.6 Å². The number of sulfonamides is 1. The number of nitrogens with zero attached hydrogens (tertiary/aromatic N) is 1. The Morgan fingerprint density at radius 2 is 1.65 bits per heavy atom. The molecule has 0 aliphatic heterocycles. The van der Waals surface area contributed by atoms with Crippen LogP contribution in [-0.2, 0) is 19.6 Å². The van der Waals surface area contributed by atoms with Crippen molar-refractivity contribution in [2.45, 2.75) is 31.7 Å². The zero-order chi connectivity index (χ0) is 19.5. The summed E-state index contributed by atoms with van der Waals surface area (Å²) in [7, 11) is -4.05. The number of hydrogen-bond acceptors (Lipinski definition) is 4. The van der Waals surface area contributed by atoms with Crippen LogP contribution in [0.15, 0.2) is 53.4 Å². The maximum absolute atomic E-state index is 13.2. The molecule has 26 heavy (non-hydrogen) atoms. The number of para-hydroxylation sites is 1. The van der Waals surface area contributed by atoms with E-state index >= 15 is 0 Å². The van der Waals surface area contributed by atoms with Gasteiger partial charge in [0.2, 0.25) is 11.1 Å². The van der Waals surface area contributed by atoms with E-state index in [0.717, 1.165) is 4.31 Å². The minimum absolute atomic E-state index is 0.0142. The molecule has 0 bridgehead atoms. The molecule has 0 fully saturated rings. The molecule has 1 unspecified atom stereocenters. The topological polar surface area (TPSA) is 83.6 Å². The number of amides is 1. The lowest BCUT2D eigenvalue weighted by atomic mass is 10.2. The molecule has 2 rings (SSSR count). The molecule has 0 aliphatic carbocycles. The van der Waals surface area contributed by atoms with Crippen LogP contribution in [0.3, 0.4) is 0 Å². The Morgan fingerprint density at radius 1 is 1.08 bits per heavy atom. The Balaban J connectivity index is 2.54. The van der Waals surface area contributed by atoms with Crippen LogP contribution in [0.1, 0.15) is 19.4 Å². The van der Waals surface area contributed by atoms with Crippen LogP contribution in [0, 0.1) is 6.92 Å². The van der Waals surface area contributed by atoms with Gasteiger partial charge in [0.25, 0.3) is 10.0 Å². The Kier molecular flexibility index (Phi) is 6.05. The number of anilines is 2. The van der Waals surface area contributed by atoms with Crippen LogP contribution in [0.5, 0.6) is 0 Å².